The van der Waals surface area contributed by atoms with Gasteiger partial charge in [-0.3, -0.25) is 0 Å². The van der Waals surface area contributed by atoms with Crippen LogP contribution in [-0.4, -0.2) is 13.4 Å². The summed E-state index contributed by atoms with van der Waals surface area (Å²) < 4.78 is 40.2. The number of hydrogen-bond acceptors (Lipinski definition) is 4. The summed E-state index contributed by atoms with van der Waals surface area (Å²) in [5.74, 6) is -0.879. The number of halogens is 2. The zero-order valence-corrected chi connectivity index (χ0v) is 13.2. The van der Waals surface area contributed by atoms with Crippen LogP contribution in [0.5, 0.6) is 0 Å². The van der Waals surface area contributed by atoms with Crippen LogP contribution in [0.2, 0.25) is 5.02 Å². The van der Waals surface area contributed by atoms with E-state index in [0.29, 0.717) is 5.69 Å². The molecular formula is C12H12ClFN2O2S2. The Hall–Kier alpha value is -1.02. The summed E-state index contributed by atoms with van der Waals surface area (Å²) in [7, 11) is -4.02. The van der Waals surface area contributed by atoms with Gasteiger partial charge in [0.15, 0.2) is 0 Å². The summed E-state index contributed by atoms with van der Waals surface area (Å²) in [5, 5.41) is 0.698. The molecule has 4 nitrogen and oxygen atoms in total. The summed E-state index contributed by atoms with van der Waals surface area (Å²) in [4.78, 5) is 4.60. The van der Waals surface area contributed by atoms with Crippen molar-refractivity contribution in [1.82, 2.24) is 9.71 Å². The number of thiazole rings is 1. The minimum absolute atomic E-state index is 0.00314. The number of rotatable bonds is 4. The summed E-state index contributed by atoms with van der Waals surface area (Å²) in [6, 6.07) is 3.74. The Balaban J connectivity index is 2.26. The van der Waals surface area contributed by atoms with Crippen molar-refractivity contribution in [3.63, 3.8) is 0 Å². The quantitative estimate of drug-likeness (QED) is 0.935. The summed E-state index contributed by atoms with van der Waals surface area (Å²) in [6.07, 6.45) is 0. The molecule has 0 aliphatic carbocycles. The highest BCUT2D eigenvalue weighted by Crippen LogP contribution is 2.24. The van der Waals surface area contributed by atoms with Crippen molar-refractivity contribution in [2.45, 2.75) is 25.3 Å². The van der Waals surface area contributed by atoms with E-state index in [4.69, 9.17) is 11.6 Å². The van der Waals surface area contributed by atoms with Crippen molar-refractivity contribution in [1.29, 1.82) is 0 Å². The molecule has 2 rings (SSSR count). The molecular weight excluding hydrogens is 323 g/mol. The predicted molar refractivity (Wildman–Crippen MR) is 77.0 cm³/mol. The van der Waals surface area contributed by atoms with Crippen LogP contribution in [0.15, 0.2) is 23.1 Å². The molecule has 0 spiro atoms. The fourth-order valence-corrected chi connectivity index (χ4v) is 4.13. The minimum Gasteiger partial charge on any atom is -0.245 e. The van der Waals surface area contributed by atoms with Crippen LogP contribution in [-0.2, 0) is 16.6 Å². The van der Waals surface area contributed by atoms with Gasteiger partial charge in [0.2, 0.25) is 10.0 Å². The summed E-state index contributed by atoms with van der Waals surface area (Å²) >= 11 is 7.23. The van der Waals surface area contributed by atoms with E-state index in [1.165, 1.54) is 23.5 Å². The van der Waals surface area contributed by atoms with Crippen molar-refractivity contribution >= 4 is 33.0 Å². The van der Waals surface area contributed by atoms with Gasteiger partial charge in [-0.25, -0.2) is 22.5 Å². The summed E-state index contributed by atoms with van der Waals surface area (Å²) in [5.41, 5.74) is 0.628. The topological polar surface area (TPSA) is 59.1 Å². The van der Waals surface area contributed by atoms with E-state index in [0.717, 1.165) is 16.0 Å². The van der Waals surface area contributed by atoms with Gasteiger partial charge < -0.3 is 0 Å². The number of sulfonamides is 1. The number of aromatic nitrogens is 1. The fraction of sp³-hybridized carbons (Fsp3) is 0.250. The van der Waals surface area contributed by atoms with Gasteiger partial charge in [-0.15, -0.1) is 11.3 Å². The lowest BCUT2D eigenvalue weighted by molar-refractivity contribution is 0.556. The van der Waals surface area contributed by atoms with Gasteiger partial charge in [-0.1, -0.05) is 17.7 Å². The Bertz CT molecular complexity index is 724. The SMILES string of the molecule is Cc1nc(CNS(=O)(=O)c2c(F)cccc2Cl)c(C)s1. The van der Waals surface area contributed by atoms with Crippen molar-refractivity contribution in [3.8, 4) is 0 Å². The molecule has 0 fully saturated rings. The molecule has 0 radical (unpaired) electrons. The average Bonchev–Trinajstić information content (AvgIpc) is 2.65. The minimum atomic E-state index is -4.02. The number of nitrogens with one attached hydrogen (secondary N) is 1. The maximum absolute atomic E-state index is 13.6. The molecule has 0 saturated carbocycles. The average molecular weight is 335 g/mol. The Labute approximate surface area is 125 Å². The smallest absolute Gasteiger partial charge is 0.245 e. The molecule has 8 heteroatoms. The normalized spacial score (nSPS) is 11.8. The van der Waals surface area contributed by atoms with Crippen molar-refractivity contribution in [2.75, 3.05) is 0 Å². The molecule has 0 aliphatic heterocycles. The number of aryl methyl sites for hydroxylation is 2. The molecule has 0 amide bonds. The molecule has 0 bridgehead atoms. The molecule has 0 atom stereocenters. The highest BCUT2D eigenvalue weighted by molar-refractivity contribution is 7.89. The molecule has 2 aromatic rings. The van der Waals surface area contributed by atoms with Crippen LogP contribution in [0.4, 0.5) is 4.39 Å². The van der Waals surface area contributed by atoms with E-state index in [9.17, 15) is 12.8 Å². The van der Waals surface area contributed by atoms with E-state index in [1.54, 1.807) is 0 Å². The first kappa shape index (κ1) is 15.4. The number of benzene rings is 1. The van der Waals surface area contributed by atoms with E-state index in [1.807, 2.05) is 13.8 Å². The van der Waals surface area contributed by atoms with Crippen LogP contribution in [0, 0.1) is 19.7 Å². The van der Waals surface area contributed by atoms with Crippen molar-refractivity contribution < 1.29 is 12.8 Å². The molecule has 1 heterocycles. The van der Waals surface area contributed by atoms with Crippen LogP contribution in [0.3, 0.4) is 0 Å². The molecule has 0 unspecified atom stereocenters. The lowest BCUT2D eigenvalue weighted by Gasteiger charge is -2.08. The molecule has 1 aromatic carbocycles. The van der Waals surface area contributed by atoms with E-state index < -0.39 is 20.7 Å². The van der Waals surface area contributed by atoms with Crippen LogP contribution >= 0.6 is 22.9 Å². The second-order valence-electron chi connectivity index (χ2n) is 4.11. The number of nitrogens with zero attached hydrogens (tertiary/aromatic N) is 1. The van der Waals surface area contributed by atoms with Crippen LogP contribution < -0.4 is 4.72 Å². The lowest BCUT2D eigenvalue weighted by Crippen LogP contribution is -2.25. The summed E-state index contributed by atoms with van der Waals surface area (Å²) in [6.45, 7) is 3.69. The molecule has 0 saturated heterocycles. The van der Waals surface area contributed by atoms with Gasteiger partial charge in [0, 0.05) is 4.88 Å². The van der Waals surface area contributed by atoms with E-state index in [-0.39, 0.29) is 11.6 Å². The third kappa shape index (κ3) is 3.17. The Morgan fingerprint density at radius 1 is 1.40 bits per heavy atom. The maximum atomic E-state index is 13.6. The predicted octanol–water partition coefficient (Wildman–Crippen LogP) is 3.03. The third-order valence-corrected chi connectivity index (χ3v) is 5.45. The monoisotopic (exact) mass is 334 g/mol. The highest BCUT2D eigenvalue weighted by Gasteiger charge is 2.22. The molecule has 0 aliphatic rings. The largest absolute Gasteiger partial charge is 0.245 e. The number of hydrogen-bond donors (Lipinski definition) is 1. The first-order valence-corrected chi connectivity index (χ1v) is 8.35. The molecule has 1 aromatic heterocycles. The highest BCUT2D eigenvalue weighted by atomic mass is 35.5. The van der Waals surface area contributed by atoms with Crippen LogP contribution in [0.25, 0.3) is 0 Å². The lowest BCUT2D eigenvalue weighted by atomic mass is 10.3. The zero-order chi connectivity index (χ0) is 14.9. The van der Waals surface area contributed by atoms with Gasteiger partial charge in [0.25, 0.3) is 0 Å². The Morgan fingerprint density at radius 2 is 2.10 bits per heavy atom. The van der Waals surface area contributed by atoms with Gasteiger partial charge in [-0.2, -0.15) is 0 Å². The zero-order valence-electron chi connectivity index (χ0n) is 10.8. The molecule has 1 N–H and O–H groups in total. The van der Waals surface area contributed by atoms with Gasteiger partial charge in [0.1, 0.15) is 10.7 Å². The Morgan fingerprint density at radius 3 is 2.65 bits per heavy atom. The second kappa shape index (κ2) is 5.77. The maximum Gasteiger partial charge on any atom is 0.245 e. The third-order valence-electron chi connectivity index (χ3n) is 2.62. The van der Waals surface area contributed by atoms with Gasteiger partial charge in [0.05, 0.1) is 22.3 Å². The van der Waals surface area contributed by atoms with Crippen molar-refractivity contribution in [3.05, 3.63) is 44.6 Å². The first-order chi connectivity index (χ1) is 9.31. The first-order valence-electron chi connectivity index (χ1n) is 5.68. The Kier molecular flexibility index (Phi) is 4.43. The molecule has 108 valence electrons. The van der Waals surface area contributed by atoms with Crippen molar-refractivity contribution in [2.24, 2.45) is 0 Å². The molecule has 20 heavy (non-hydrogen) atoms. The standard InChI is InChI=1S/C12H12ClFN2O2S2/c1-7-11(16-8(2)19-7)6-15-20(17,18)12-9(13)4-3-5-10(12)14/h3-5,15H,6H2,1-2H3. The van der Waals surface area contributed by atoms with Crippen LogP contribution in [0.1, 0.15) is 15.6 Å². The van der Waals surface area contributed by atoms with Gasteiger partial charge >= 0.3 is 0 Å². The van der Waals surface area contributed by atoms with Gasteiger partial charge in [-0.05, 0) is 26.0 Å². The fourth-order valence-electron chi connectivity index (χ4n) is 1.71. The second-order valence-corrected chi connectivity index (χ2v) is 7.63. The van der Waals surface area contributed by atoms with E-state index in [2.05, 4.69) is 9.71 Å². The van der Waals surface area contributed by atoms with E-state index >= 15 is 0 Å².